The minimum Gasteiger partial charge on any atom is -0.394 e. The van der Waals surface area contributed by atoms with Gasteiger partial charge in [-0.1, -0.05) is 30.3 Å². The zero-order chi connectivity index (χ0) is 13.0. The van der Waals surface area contributed by atoms with E-state index < -0.39 is 0 Å². The van der Waals surface area contributed by atoms with Gasteiger partial charge in [-0.2, -0.15) is 0 Å². The van der Waals surface area contributed by atoms with Gasteiger partial charge in [-0.05, 0) is 25.5 Å². The lowest BCUT2D eigenvalue weighted by Crippen LogP contribution is -2.17. The highest BCUT2D eigenvalue weighted by Gasteiger charge is 2.11. The third-order valence-electron chi connectivity index (χ3n) is 2.67. The lowest BCUT2D eigenvalue weighted by atomic mass is 10.1. The van der Waals surface area contributed by atoms with Gasteiger partial charge in [0.15, 0.2) is 0 Å². The molecule has 0 unspecified atom stereocenters. The zero-order valence-corrected chi connectivity index (χ0v) is 10.6. The van der Waals surface area contributed by atoms with Gasteiger partial charge >= 0.3 is 0 Å². The number of aromatic nitrogens is 2. The first kappa shape index (κ1) is 12.5. The third kappa shape index (κ3) is 3.05. The number of aryl methyl sites for hydroxylation is 2. The Bertz CT molecular complexity index is 493. The summed E-state index contributed by atoms with van der Waals surface area (Å²) in [4.78, 5) is 8.63. The fourth-order valence-electron chi connectivity index (χ4n) is 1.87. The van der Waals surface area contributed by atoms with Crippen molar-refractivity contribution in [2.24, 2.45) is 0 Å². The van der Waals surface area contributed by atoms with E-state index >= 15 is 0 Å². The van der Waals surface area contributed by atoms with Crippen molar-refractivity contribution in [3.8, 4) is 0 Å². The summed E-state index contributed by atoms with van der Waals surface area (Å²) in [7, 11) is 0. The van der Waals surface area contributed by atoms with Gasteiger partial charge in [-0.15, -0.1) is 0 Å². The van der Waals surface area contributed by atoms with Crippen LogP contribution in [0.25, 0.3) is 0 Å². The molecule has 0 saturated heterocycles. The standard InChI is InChI=1S/C14H17N3O/c1-10-8-11(2)16-14(15-10)17-13(9-18)12-6-4-3-5-7-12/h3-8,13,18H,9H2,1-2H3,(H,15,16,17)/t13-/m0/s1. The molecule has 0 bridgehead atoms. The summed E-state index contributed by atoms with van der Waals surface area (Å²) < 4.78 is 0. The van der Waals surface area contributed by atoms with Gasteiger partial charge in [0.05, 0.1) is 12.6 Å². The van der Waals surface area contributed by atoms with Gasteiger partial charge in [0.25, 0.3) is 0 Å². The monoisotopic (exact) mass is 243 g/mol. The van der Waals surface area contributed by atoms with Crippen molar-refractivity contribution in [1.29, 1.82) is 0 Å². The van der Waals surface area contributed by atoms with Crippen molar-refractivity contribution >= 4 is 5.95 Å². The summed E-state index contributed by atoms with van der Waals surface area (Å²) in [6.45, 7) is 3.85. The molecule has 0 saturated carbocycles. The molecule has 0 radical (unpaired) electrons. The fourth-order valence-corrected chi connectivity index (χ4v) is 1.87. The van der Waals surface area contributed by atoms with Crippen LogP contribution >= 0.6 is 0 Å². The summed E-state index contributed by atoms with van der Waals surface area (Å²) in [5.74, 6) is 0.551. The van der Waals surface area contributed by atoms with Crippen LogP contribution in [0.5, 0.6) is 0 Å². The maximum atomic E-state index is 9.46. The number of hydrogen-bond acceptors (Lipinski definition) is 4. The molecule has 18 heavy (non-hydrogen) atoms. The molecule has 0 aliphatic carbocycles. The Hall–Kier alpha value is -1.94. The number of aliphatic hydroxyl groups is 1. The number of nitrogens with zero attached hydrogens (tertiary/aromatic N) is 2. The van der Waals surface area contributed by atoms with Gasteiger partial charge in [-0.3, -0.25) is 0 Å². The van der Waals surface area contributed by atoms with Crippen LogP contribution in [0.4, 0.5) is 5.95 Å². The lowest BCUT2D eigenvalue weighted by molar-refractivity contribution is 0.276. The number of aliphatic hydroxyl groups excluding tert-OH is 1. The highest BCUT2D eigenvalue weighted by Crippen LogP contribution is 2.16. The molecule has 2 rings (SSSR count). The smallest absolute Gasteiger partial charge is 0.223 e. The molecule has 1 heterocycles. The first-order valence-electron chi connectivity index (χ1n) is 5.93. The van der Waals surface area contributed by atoms with E-state index in [-0.39, 0.29) is 12.6 Å². The molecule has 2 N–H and O–H groups in total. The Balaban J connectivity index is 2.20. The van der Waals surface area contributed by atoms with Crippen LogP contribution in [-0.2, 0) is 0 Å². The molecule has 4 heteroatoms. The predicted octanol–water partition coefficient (Wildman–Crippen LogP) is 2.24. The number of nitrogens with one attached hydrogen (secondary N) is 1. The summed E-state index contributed by atoms with van der Waals surface area (Å²) in [5, 5.41) is 12.6. The molecular formula is C14H17N3O. The quantitative estimate of drug-likeness (QED) is 0.864. The second-order valence-corrected chi connectivity index (χ2v) is 4.26. The van der Waals surface area contributed by atoms with Crippen molar-refractivity contribution in [3.05, 3.63) is 53.3 Å². The molecule has 2 aromatic rings. The van der Waals surface area contributed by atoms with Gasteiger partial charge in [-0.25, -0.2) is 9.97 Å². The highest BCUT2D eigenvalue weighted by atomic mass is 16.3. The molecule has 1 aromatic heterocycles. The molecule has 0 fully saturated rings. The van der Waals surface area contributed by atoms with Crippen LogP contribution in [0.1, 0.15) is 23.0 Å². The number of rotatable bonds is 4. The molecular weight excluding hydrogens is 226 g/mol. The molecule has 0 spiro atoms. The van der Waals surface area contributed by atoms with Crippen LogP contribution in [0.2, 0.25) is 0 Å². The Morgan fingerprint density at radius 1 is 1.11 bits per heavy atom. The minimum absolute atomic E-state index is 0.000360. The van der Waals surface area contributed by atoms with E-state index in [4.69, 9.17) is 0 Å². The molecule has 0 amide bonds. The summed E-state index contributed by atoms with van der Waals surface area (Å²) in [5.41, 5.74) is 2.84. The summed E-state index contributed by atoms with van der Waals surface area (Å²) >= 11 is 0. The first-order chi connectivity index (χ1) is 8.69. The average Bonchev–Trinajstić information content (AvgIpc) is 2.36. The van der Waals surface area contributed by atoms with Crippen LogP contribution in [0, 0.1) is 13.8 Å². The number of benzene rings is 1. The van der Waals surface area contributed by atoms with Gasteiger partial charge in [0.1, 0.15) is 0 Å². The van der Waals surface area contributed by atoms with E-state index in [1.807, 2.05) is 50.2 Å². The Kier molecular flexibility index (Phi) is 3.89. The third-order valence-corrected chi connectivity index (χ3v) is 2.67. The highest BCUT2D eigenvalue weighted by molar-refractivity contribution is 5.33. The van der Waals surface area contributed by atoms with E-state index in [9.17, 15) is 5.11 Å². The second kappa shape index (κ2) is 5.60. The van der Waals surface area contributed by atoms with Crippen molar-refractivity contribution in [1.82, 2.24) is 9.97 Å². The van der Waals surface area contributed by atoms with Gasteiger partial charge in [0.2, 0.25) is 5.95 Å². The largest absolute Gasteiger partial charge is 0.394 e. The van der Waals surface area contributed by atoms with Crippen molar-refractivity contribution in [3.63, 3.8) is 0 Å². The van der Waals surface area contributed by atoms with E-state index in [0.29, 0.717) is 5.95 Å². The maximum absolute atomic E-state index is 9.46. The van der Waals surface area contributed by atoms with E-state index in [2.05, 4.69) is 15.3 Å². The molecule has 0 aliphatic heterocycles. The van der Waals surface area contributed by atoms with Crippen molar-refractivity contribution in [2.45, 2.75) is 19.9 Å². The van der Waals surface area contributed by atoms with E-state index in [0.717, 1.165) is 17.0 Å². The van der Waals surface area contributed by atoms with E-state index in [1.165, 1.54) is 0 Å². The van der Waals surface area contributed by atoms with Crippen LogP contribution in [0.15, 0.2) is 36.4 Å². The SMILES string of the molecule is Cc1cc(C)nc(N[C@@H](CO)c2ccccc2)n1. The second-order valence-electron chi connectivity index (χ2n) is 4.26. The molecule has 94 valence electrons. The van der Waals surface area contributed by atoms with Crippen LogP contribution in [0.3, 0.4) is 0 Å². The molecule has 0 aliphatic rings. The van der Waals surface area contributed by atoms with Crippen molar-refractivity contribution < 1.29 is 5.11 Å². The lowest BCUT2D eigenvalue weighted by Gasteiger charge is -2.17. The normalized spacial score (nSPS) is 12.2. The van der Waals surface area contributed by atoms with Gasteiger partial charge in [0, 0.05) is 11.4 Å². The Morgan fingerprint density at radius 2 is 1.72 bits per heavy atom. The van der Waals surface area contributed by atoms with Gasteiger partial charge < -0.3 is 10.4 Å². The summed E-state index contributed by atoms with van der Waals surface area (Å²) in [6, 6.07) is 11.5. The zero-order valence-electron chi connectivity index (χ0n) is 10.6. The topological polar surface area (TPSA) is 58.0 Å². The predicted molar refractivity (Wildman–Crippen MR) is 71.4 cm³/mol. The molecule has 1 atom stereocenters. The summed E-state index contributed by atoms with van der Waals surface area (Å²) in [6.07, 6.45) is 0. The fraction of sp³-hybridized carbons (Fsp3) is 0.286. The Labute approximate surface area is 107 Å². The Morgan fingerprint density at radius 3 is 2.28 bits per heavy atom. The van der Waals surface area contributed by atoms with Crippen LogP contribution in [-0.4, -0.2) is 21.7 Å². The van der Waals surface area contributed by atoms with E-state index in [1.54, 1.807) is 0 Å². The molecule has 4 nitrogen and oxygen atoms in total. The van der Waals surface area contributed by atoms with Crippen molar-refractivity contribution in [2.75, 3.05) is 11.9 Å². The average molecular weight is 243 g/mol. The number of anilines is 1. The van der Waals surface area contributed by atoms with Crippen LogP contribution < -0.4 is 5.32 Å². The molecule has 1 aromatic carbocycles. The number of hydrogen-bond donors (Lipinski definition) is 2. The first-order valence-corrected chi connectivity index (χ1v) is 5.93. The maximum Gasteiger partial charge on any atom is 0.223 e. The minimum atomic E-state index is -0.188.